The molecular weight excluding hydrogens is 200 g/mol. The summed E-state index contributed by atoms with van der Waals surface area (Å²) in [4.78, 5) is 11.3. The van der Waals surface area contributed by atoms with E-state index in [2.05, 4.69) is 28.5 Å². The third kappa shape index (κ3) is 2.41. The first-order chi connectivity index (χ1) is 7.79. The summed E-state index contributed by atoms with van der Waals surface area (Å²) in [6.45, 7) is 3.55. The highest BCUT2D eigenvalue weighted by atomic mass is 16.1. The molecule has 0 aromatic heterocycles. The van der Waals surface area contributed by atoms with E-state index < -0.39 is 0 Å². The van der Waals surface area contributed by atoms with Crippen molar-refractivity contribution in [2.24, 2.45) is 0 Å². The predicted octanol–water partition coefficient (Wildman–Crippen LogP) is 1.29. The maximum absolute atomic E-state index is 11.3. The van der Waals surface area contributed by atoms with E-state index in [1.54, 1.807) is 6.92 Å². The molecule has 2 N–H and O–H groups in total. The minimum atomic E-state index is -0.258. The largest absolute Gasteiger partial charge is 0.315 e. The van der Waals surface area contributed by atoms with Crippen LogP contribution in [0.25, 0.3) is 0 Å². The molecule has 0 bridgehead atoms. The molecule has 1 heterocycles. The first kappa shape index (κ1) is 10.7. The number of carbonyl (C=O) groups is 1. The van der Waals surface area contributed by atoms with Crippen LogP contribution in [0.5, 0.6) is 0 Å². The molecule has 3 nitrogen and oxygen atoms in total. The highest BCUT2D eigenvalue weighted by molar-refractivity contribution is 6.03. The normalized spacial score (nSPS) is 13.3. The average molecular weight is 214 g/mol. The molecule has 16 heavy (non-hydrogen) atoms. The highest BCUT2D eigenvalue weighted by Gasteiger charge is 2.09. The van der Waals surface area contributed by atoms with Crippen molar-refractivity contribution in [2.75, 3.05) is 11.9 Å². The molecule has 1 aliphatic rings. The van der Waals surface area contributed by atoms with Gasteiger partial charge in [-0.2, -0.15) is 0 Å². The second-order valence-corrected chi connectivity index (χ2v) is 3.74. The fraction of sp³-hybridized carbons (Fsp3) is 0.308. The molecule has 1 aromatic rings. The molecule has 0 saturated carbocycles. The van der Waals surface area contributed by atoms with Crippen LogP contribution in [0.3, 0.4) is 0 Å². The SMILES string of the molecule is CC#CC(=O)Nc1ccc2c(c1)CNCC2. The van der Waals surface area contributed by atoms with Gasteiger partial charge in [0.2, 0.25) is 0 Å². The van der Waals surface area contributed by atoms with E-state index in [0.717, 1.165) is 25.2 Å². The summed E-state index contributed by atoms with van der Waals surface area (Å²) in [5.74, 6) is 4.78. The Morgan fingerprint density at radius 2 is 2.31 bits per heavy atom. The van der Waals surface area contributed by atoms with Gasteiger partial charge < -0.3 is 10.6 Å². The van der Waals surface area contributed by atoms with Crippen molar-refractivity contribution in [3.8, 4) is 11.8 Å². The van der Waals surface area contributed by atoms with E-state index in [-0.39, 0.29) is 5.91 Å². The van der Waals surface area contributed by atoms with Crippen molar-refractivity contribution in [1.82, 2.24) is 5.32 Å². The number of anilines is 1. The Labute approximate surface area is 95.2 Å². The van der Waals surface area contributed by atoms with Crippen LogP contribution >= 0.6 is 0 Å². The van der Waals surface area contributed by atoms with Crippen LogP contribution in [0.2, 0.25) is 0 Å². The molecule has 1 aromatic carbocycles. The fourth-order valence-corrected chi connectivity index (χ4v) is 1.83. The van der Waals surface area contributed by atoms with Crippen molar-refractivity contribution in [2.45, 2.75) is 19.9 Å². The van der Waals surface area contributed by atoms with E-state index in [9.17, 15) is 4.79 Å². The van der Waals surface area contributed by atoms with Gasteiger partial charge in [0.15, 0.2) is 0 Å². The lowest BCUT2D eigenvalue weighted by atomic mass is 10.0. The number of hydrogen-bond donors (Lipinski definition) is 2. The lowest BCUT2D eigenvalue weighted by Gasteiger charge is -2.17. The van der Waals surface area contributed by atoms with Crippen LogP contribution in [0.1, 0.15) is 18.1 Å². The molecule has 0 unspecified atom stereocenters. The summed E-state index contributed by atoms with van der Waals surface area (Å²) >= 11 is 0. The Balaban J connectivity index is 2.16. The zero-order chi connectivity index (χ0) is 11.4. The zero-order valence-electron chi connectivity index (χ0n) is 9.26. The number of rotatable bonds is 1. The van der Waals surface area contributed by atoms with Gasteiger partial charge in [-0.05, 0) is 49.1 Å². The van der Waals surface area contributed by atoms with E-state index in [4.69, 9.17) is 0 Å². The van der Waals surface area contributed by atoms with Crippen LogP contribution in [0, 0.1) is 11.8 Å². The number of benzene rings is 1. The predicted molar refractivity (Wildman–Crippen MR) is 63.9 cm³/mol. The maximum atomic E-state index is 11.3. The molecule has 3 heteroatoms. The van der Waals surface area contributed by atoms with E-state index in [1.807, 2.05) is 12.1 Å². The molecule has 0 spiro atoms. The summed E-state index contributed by atoms with van der Waals surface area (Å²) < 4.78 is 0. The van der Waals surface area contributed by atoms with E-state index >= 15 is 0 Å². The average Bonchev–Trinajstić information content (AvgIpc) is 2.29. The number of hydrogen-bond acceptors (Lipinski definition) is 2. The standard InChI is InChI=1S/C13H14N2O/c1-2-3-13(16)15-12-5-4-10-6-7-14-9-11(10)8-12/h4-5,8,14H,6-7,9H2,1H3,(H,15,16). The number of carbonyl (C=O) groups excluding carboxylic acids is 1. The van der Waals surface area contributed by atoms with Gasteiger partial charge in [0.05, 0.1) is 0 Å². The zero-order valence-corrected chi connectivity index (χ0v) is 9.26. The molecule has 0 atom stereocenters. The molecule has 0 fully saturated rings. The molecule has 0 radical (unpaired) electrons. The smallest absolute Gasteiger partial charge is 0.300 e. The highest BCUT2D eigenvalue weighted by Crippen LogP contribution is 2.18. The first-order valence-electron chi connectivity index (χ1n) is 5.36. The Morgan fingerprint density at radius 1 is 1.44 bits per heavy atom. The monoisotopic (exact) mass is 214 g/mol. The van der Waals surface area contributed by atoms with E-state index in [0.29, 0.717) is 0 Å². The molecular formula is C13H14N2O. The third-order valence-corrected chi connectivity index (χ3v) is 2.59. The van der Waals surface area contributed by atoms with Crippen molar-refractivity contribution < 1.29 is 4.79 Å². The van der Waals surface area contributed by atoms with Crippen LogP contribution in [-0.2, 0) is 17.8 Å². The number of fused-ring (bicyclic) bond motifs is 1. The Hall–Kier alpha value is -1.79. The summed E-state index contributed by atoms with van der Waals surface area (Å²) in [5, 5.41) is 6.06. The van der Waals surface area contributed by atoms with Gasteiger partial charge >= 0.3 is 0 Å². The van der Waals surface area contributed by atoms with Crippen LogP contribution in [0.15, 0.2) is 18.2 Å². The first-order valence-corrected chi connectivity index (χ1v) is 5.36. The fourth-order valence-electron chi connectivity index (χ4n) is 1.83. The van der Waals surface area contributed by atoms with Gasteiger partial charge in [-0.1, -0.05) is 12.0 Å². The van der Waals surface area contributed by atoms with Gasteiger partial charge in [0.25, 0.3) is 5.91 Å². The van der Waals surface area contributed by atoms with Crippen LogP contribution < -0.4 is 10.6 Å². The molecule has 82 valence electrons. The molecule has 0 aliphatic carbocycles. The van der Waals surface area contributed by atoms with Crippen molar-refractivity contribution in [1.29, 1.82) is 0 Å². The van der Waals surface area contributed by atoms with Crippen molar-refractivity contribution >= 4 is 11.6 Å². The number of nitrogens with one attached hydrogen (secondary N) is 2. The number of amides is 1. The van der Waals surface area contributed by atoms with Crippen molar-refractivity contribution in [3.63, 3.8) is 0 Å². The summed E-state index contributed by atoms with van der Waals surface area (Å²) in [6, 6.07) is 6.02. The summed E-state index contributed by atoms with van der Waals surface area (Å²) in [7, 11) is 0. The minimum Gasteiger partial charge on any atom is -0.315 e. The maximum Gasteiger partial charge on any atom is 0.300 e. The van der Waals surface area contributed by atoms with Gasteiger partial charge in [0, 0.05) is 12.2 Å². The molecule has 2 rings (SSSR count). The minimum absolute atomic E-state index is 0.258. The summed E-state index contributed by atoms with van der Waals surface area (Å²) in [5.41, 5.74) is 3.43. The molecule has 1 aliphatic heterocycles. The van der Waals surface area contributed by atoms with Gasteiger partial charge in [-0.3, -0.25) is 4.79 Å². The second-order valence-electron chi connectivity index (χ2n) is 3.74. The topological polar surface area (TPSA) is 41.1 Å². The van der Waals surface area contributed by atoms with Crippen molar-refractivity contribution in [3.05, 3.63) is 29.3 Å². The van der Waals surface area contributed by atoms with Crippen LogP contribution in [0.4, 0.5) is 5.69 Å². The lowest BCUT2D eigenvalue weighted by molar-refractivity contribution is -0.111. The second kappa shape index (κ2) is 4.82. The molecule has 1 amide bonds. The lowest BCUT2D eigenvalue weighted by Crippen LogP contribution is -2.23. The summed E-state index contributed by atoms with van der Waals surface area (Å²) in [6.07, 6.45) is 1.05. The quantitative estimate of drug-likeness (QED) is 0.692. The third-order valence-electron chi connectivity index (χ3n) is 2.59. The Morgan fingerprint density at radius 3 is 3.12 bits per heavy atom. The van der Waals surface area contributed by atoms with Crippen LogP contribution in [-0.4, -0.2) is 12.5 Å². The van der Waals surface area contributed by atoms with Gasteiger partial charge in [-0.25, -0.2) is 0 Å². The molecule has 0 saturated heterocycles. The Bertz CT molecular complexity index is 469. The van der Waals surface area contributed by atoms with Gasteiger partial charge in [-0.15, -0.1) is 0 Å². The van der Waals surface area contributed by atoms with Gasteiger partial charge in [0.1, 0.15) is 0 Å². The van der Waals surface area contributed by atoms with E-state index in [1.165, 1.54) is 11.1 Å². The Kier molecular flexibility index (Phi) is 3.23.